The molecule has 8 heteroatoms. The smallest absolute Gasteiger partial charge is 0.321 e. The average Bonchev–Trinajstić information content (AvgIpc) is 3.06. The van der Waals surface area contributed by atoms with Crippen LogP contribution in [0.4, 0.5) is 4.39 Å². The Labute approximate surface area is 140 Å². The van der Waals surface area contributed by atoms with Crippen LogP contribution in [-0.2, 0) is 6.54 Å². The van der Waals surface area contributed by atoms with Gasteiger partial charge in [0.1, 0.15) is 5.69 Å². The molecule has 0 spiro atoms. The molecule has 25 heavy (non-hydrogen) atoms. The summed E-state index contributed by atoms with van der Waals surface area (Å²) in [6, 6.07) is 5.29. The van der Waals surface area contributed by atoms with Crippen molar-refractivity contribution in [1.82, 2.24) is 19.3 Å². The third kappa shape index (κ3) is 2.75. The molecular formula is C17H11FN4O3. The van der Waals surface area contributed by atoms with E-state index in [-0.39, 0.29) is 13.0 Å². The van der Waals surface area contributed by atoms with Gasteiger partial charge in [0.25, 0.3) is 0 Å². The van der Waals surface area contributed by atoms with E-state index in [0.717, 1.165) is 10.1 Å². The number of hydrogen-bond acceptors (Lipinski definition) is 5. The number of rotatable bonds is 4. The van der Waals surface area contributed by atoms with Crippen LogP contribution in [0.1, 0.15) is 12.2 Å². The Morgan fingerprint density at radius 3 is 2.84 bits per heavy atom. The van der Waals surface area contributed by atoms with Gasteiger partial charge in [-0.1, -0.05) is 10.9 Å². The number of aromatic nitrogens is 4. The normalized spacial score (nSPS) is 13.2. The Kier molecular flexibility index (Phi) is 3.52. The van der Waals surface area contributed by atoms with Crippen molar-refractivity contribution >= 4 is 5.70 Å². The van der Waals surface area contributed by atoms with E-state index in [0.29, 0.717) is 17.2 Å². The highest BCUT2D eigenvalue weighted by Gasteiger charge is 2.16. The van der Waals surface area contributed by atoms with Crippen molar-refractivity contribution in [2.45, 2.75) is 13.0 Å². The maximum absolute atomic E-state index is 12.8. The third-order valence-electron chi connectivity index (χ3n) is 3.79. The molecule has 7 nitrogen and oxygen atoms in total. The van der Waals surface area contributed by atoms with Crippen LogP contribution in [0.25, 0.3) is 17.0 Å². The number of allylic oxidation sites excluding steroid dienone is 1. The maximum Gasteiger partial charge on any atom is 0.321 e. The third-order valence-corrected chi connectivity index (χ3v) is 3.79. The van der Waals surface area contributed by atoms with E-state index in [1.807, 2.05) is 6.07 Å². The summed E-state index contributed by atoms with van der Waals surface area (Å²) in [5, 5.41) is 3.94. The summed E-state index contributed by atoms with van der Waals surface area (Å²) in [7, 11) is 0. The summed E-state index contributed by atoms with van der Waals surface area (Å²) in [6.45, 7) is 0.0609. The second-order valence-corrected chi connectivity index (χ2v) is 5.48. The highest BCUT2D eigenvalue weighted by atomic mass is 19.1. The highest BCUT2D eigenvalue weighted by Crippen LogP contribution is 2.22. The van der Waals surface area contributed by atoms with Crippen LogP contribution < -0.4 is 11.1 Å². The first kappa shape index (κ1) is 15.0. The summed E-state index contributed by atoms with van der Waals surface area (Å²) in [5.74, 6) is -0.0115. The Balaban J connectivity index is 1.63. The summed E-state index contributed by atoms with van der Waals surface area (Å²) < 4.78 is 20.3. The minimum Gasteiger partial charge on any atom is -0.359 e. The van der Waals surface area contributed by atoms with Gasteiger partial charge in [0.15, 0.2) is 11.6 Å². The lowest BCUT2D eigenvalue weighted by molar-refractivity contribution is 0.376. The Morgan fingerprint density at radius 1 is 1.28 bits per heavy atom. The lowest BCUT2D eigenvalue weighted by Gasteiger charge is -2.12. The Morgan fingerprint density at radius 2 is 2.12 bits per heavy atom. The van der Waals surface area contributed by atoms with Gasteiger partial charge < -0.3 is 9.09 Å². The van der Waals surface area contributed by atoms with Gasteiger partial charge in [0.2, 0.25) is 0 Å². The molecular weight excluding hydrogens is 327 g/mol. The van der Waals surface area contributed by atoms with Gasteiger partial charge in [-0.25, -0.2) is 4.39 Å². The van der Waals surface area contributed by atoms with Crippen LogP contribution in [0, 0.1) is 0 Å². The zero-order valence-corrected chi connectivity index (χ0v) is 12.8. The number of nitrogens with zero attached hydrogens (tertiary/aromatic N) is 4. The van der Waals surface area contributed by atoms with E-state index in [1.54, 1.807) is 24.5 Å². The average molecular weight is 338 g/mol. The fourth-order valence-electron chi connectivity index (χ4n) is 2.48. The molecule has 0 saturated heterocycles. The van der Waals surface area contributed by atoms with Crippen molar-refractivity contribution < 1.29 is 8.91 Å². The van der Waals surface area contributed by atoms with Crippen LogP contribution in [0.5, 0.6) is 0 Å². The largest absolute Gasteiger partial charge is 0.359 e. The molecule has 1 aliphatic carbocycles. The summed E-state index contributed by atoms with van der Waals surface area (Å²) >= 11 is 0. The zero-order chi connectivity index (χ0) is 17.4. The van der Waals surface area contributed by atoms with Gasteiger partial charge in [-0.3, -0.25) is 19.1 Å². The van der Waals surface area contributed by atoms with E-state index in [2.05, 4.69) is 15.9 Å². The molecule has 0 aromatic carbocycles. The van der Waals surface area contributed by atoms with Crippen molar-refractivity contribution in [2.24, 2.45) is 0 Å². The molecule has 124 valence electrons. The zero-order valence-electron chi connectivity index (χ0n) is 12.8. The van der Waals surface area contributed by atoms with Gasteiger partial charge in [0, 0.05) is 36.4 Å². The monoisotopic (exact) mass is 338 g/mol. The number of hydrogen-bond donors (Lipinski definition) is 0. The fourth-order valence-corrected chi connectivity index (χ4v) is 2.48. The molecule has 3 aromatic rings. The van der Waals surface area contributed by atoms with E-state index >= 15 is 0 Å². The first-order valence-electron chi connectivity index (χ1n) is 7.44. The van der Waals surface area contributed by atoms with Crippen molar-refractivity contribution in [3.63, 3.8) is 0 Å². The molecule has 0 aliphatic heterocycles. The Hall–Kier alpha value is -3.51. The van der Waals surface area contributed by atoms with Crippen molar-refractivity contribution in [2.75, 3.05) is 0 Å². The Bertz CT molecular complexity index is 1130. The van der Waals surface area contributed by atoms with Crippen LogP contribution in [0.3, 0.4) is 0 Å². The molecule has 1 aliphatic rings. The van der Waals surface area contributed by atoms with Gasteiger partial charge in [-0.15, -0.1) is 0 Å². The standard InChI is InChI=1S/C17H11FN4O3/c18-12-6-13(7-12)22-5-4-21(16(23)17(22)24)10-14-8-15(20-25-14)11-2-1-3-19-9-11/h1-5,8-9H,6,10H2. The molecule has 3 heterocycles. The second kappa shape index (κ2) is 5.85. The molecule has 4 rings (SSSR count). The number of pyridine rings is 1. The SMILES string of the molecule is O=c1c(=O)n(C2=C=C(F)C2)ccn1Cc1cc(-c2cccnc2)no1. The molecule has 0 N–H and O–H groups in total. The first-order chi connectivity index (χ1) is 12.1. The predicted octanol–water partition coefficient (Wildman–Crippen LogP) is 1.81. The minimum atomic E-state index is -0.760. The predicted molar refractivity (Wildman–Crippen MR) is 86.3 cm³/mol. The minimum absolute atomic E-state index is 0.0000644. The molecule has 0 bridgehead atoms. The molecule has 3 aromatic heterocycles. The van der Waals surface area contributed by atoms with Gasteiger partial charge in [-0.05, 0) is 12.1 Å². The summed E-state index contributed by atoms with van der Waals surface area (Å²) in [5.41, 5.74) is 2.58. The number of halogens is 1. The van der Waals surface area contributed by atoms with Gasteiger partial charge >= 0.3 is 11.1 Å². The van der Waals surface area contributed by atoms with E-state index in [9.17, 15) is 14.0 Å². The van der Waals surface area contributed by atoms with Crippen LogP contribution in [0.2, 0.25) is 0 Å². The summed E-state index contributed by atoms with van der Waals surface area (Å²) in [4.78, 5) is 28.4. The topological polar surface area (TPSA) is 82.9 Å². The first-order valence-corrected chi connectivity index (χ1v) is 7.44. The van der Waals surface area contributed by atoms with Crippen LogP contribution in [-0.4, -0.2) is 19.3 Å². The molecule has 0 radical (unpaired) electrons. The molecule has 0 unspecified atom stereocenters. The molecule has 0 atom stereocenters. The second-order valence-electron chi connectivity index (χ2n) is 5.48. The molecule has 0 amide bonds. The maximum atomic E-state index is 12.8. The lowest BCUT2D eigenvalue weighted by Crippen LogP contribution is -2.40. The van der Waals surface area contributed by atoms with Gasteiger partial charge in [-0.2, -0.15) is 0 Å². The van der Waals surface area contributed by atoms with Crippen molar-refractivity contribution in [3.8, 4) is 11.3 Å². The van der Waals surface area contributed by atoms with E-state index in [1.165, 1.54) is 17.0 Å². The fraction of sp³-hybridized carbons (Fsp3) is 0.118. The quantitative estimate of drug-likeness (QED) is 0.535. The van der Waals surface area contributed by atoms with Gasteiger partial charge in [0.05, 0.1) is 18.7 Å². The highest BCUT2D eigenvalue weighted by molar-refractivity contribution is 5.57. The molecule has 0 fully saturated rings. The van der Waals surface area contributed by atoms with E-state index in [4.69, 9.17) is 4.52 Å². The molecule has 0 saturated carbocycles. The van der Waals surface area contributed by atoms with Crippen LogP contribution >= 0.6 is 0 Å². The van der Waals surface area contributed by atoms with Crippen molar-refractivity contribution in [1.29, 1.82) is 0 Å². The lowest BCUT2D eigenvalue weighted by atomic mass is 10.2. The van der Waals surface area contributed by atoms with Crippen LogP contribution in [0.15, 0.2) is 68.7 Å². The summed E-state index contributed by atoms with van der Waals surface area (Å²) in [6.07, 6.45) is 6.16. The van der Waals surface area contributed by atoms with E-state index < -0.39 is 16.9 Å². The van der Waals surface area contributed by atoms with Crippen molar-refractivity contribution in [3.05, 3.63) is 81.0 Å².